The molecule has 3 fully saturated rings. The molecule has 3 aromatic carbocycles. The van der Waals surface area contributed by atoms with Gasteiger partial charge in [0.15, 0.2) is 21.2 Å². The summed E-state index contributed by atoms with van der Waals surface area (Å²) >= 11 is 17.9. The number of hydrogen-bond donors (Lipinski definition) is 1. The Morgan fingerprint density at radius 3 is 2.24 bits per heavy atom. The van der Waals surface area contributed by atoms with Crippen LogP contribution in [0.3, 0.4) is 0 Å². The molecule has 10 nitrogen and oxygen atoms in total. The summed E-state index contributed by atoms with van der Waals surface area (Å²) in [5.74, 6) is -4.05. The Balaban J connectivity index is 1.24. The van der Waals surface area contributed by atoms with Crippen molar-refractivity contribution >= 4 is 80.6 Å². The fourth-order valence-electron chi connectivity index (χ4n) is 8.18. The van der Waals surface area contributed by atoms with E-state index in [2.05, 4.69) is 15.9 Å². The molecule has 51 heavy (non-hydrogen) atoms. The Morgan fingerprint density at radius 2 is 1.57 bits per heavy atom. The van der Waals surface area contributed by atoms with Crippen LogP contribution in [0, 0.1) is 17.8 Å². The van der Waals surface area contributed by atoms with Gasteiger partial charge in [-0.2, -0.15) is 0 Å². The molecule has 4 amide bonds. The lowest BCUT2D eigenvalue weighted by Gasteiger charge is -2.50. The topological polar surface area (TPSA) is 123 Å². The van der Waals surface area contributed by atoms with Crippen molar-refractivity contribution in [3.63, 3.8) is 0 Å². The second-order valence-corrected chi connectivity index (χ2v) is 15.2. The first-order valence-electron chi connectivity index (χ1n) is 16.1. The van der Waals surface area contributed by atoms with E-state index in [1.54, 1.807) is 38.5 Å². The quantitative estimate of drug-likeness (QED) is 0.124. The van der Waals surface area contributed by atoms with Crippen LogP contribution >= 0.6 is 39.1 Å². The van der Waals surface area contributed by atoms with Crippen LogP contribution in [-0.4, -0.2) is 71.8 Å². The average molecular weight is 796 g/mol. The molecular formula is C38H33BrCl2N2O8. The van der Waals surface area contributed by atoms with Gasteiger partial charge in [0.25, 0.3) is 11.8 Å². The summed E-state index contributed by atoms with van der Waals surface area (Å²) < 4.78 is 16.5. The molecule has 1 saturated carbocycles. The second kappa shape index (κ2) is 12.7. The van der Waals surface area contributed by atoms with Crippen LogP contribution < -0.4 is 19.1 Å². The van der Waals surface area contributed by atoms with Crippen LogP contribution in [0.15, 0.2) is 70.7 Å². The molecule has 0 aromatic heterocycles. The summed E-state index contributed by atoms with van der Waals surface area (Å²) in [6.45, 7) is 0. The van der Waals surface area contributed by atoms with Crippen LogP contribution in [0.4, 0.5) is 5.69 Å². The molecule has 2 saturated heterocycles. The molecule has 4 aliphatic rings. The van der Waals surface area contributed by atoms with E-state index in [1.807, 2.05) is 48.6 Å². The Bertz CT molecular complexity index is 2070. The number of amides is 4. The Kier molecular flexibility index (Phi) is 8.75. The van der Waals surface area contributed by atoms with Crippen molar-refractivity contribution in [2.45, 2.75) is 28.5 Å². The van der Waals surface area contributed by atoms with E-state index in [-0.39, 0.29) is 34.7 Å². The molecule has 3 aromatic rings. The van der Waals surface area contributed by atoms with Gasteiger partial charge in [0.05, 0.1) is 43.3 Å². The van der Waals surface area contributed by atoms with Gasteiger partial charge in [-0.3, -0.25) is 29.0 Å². The van der Waals surface area contributed by atoms with Crippen molar-refractivity contribution in [2.24, 2.45) is 17.8 Å². The number of rotatable bonds is 7. The SMILES string of the molecule is COc1ccc(OC)c(C=Cc2ccc(N3C(=O)[C@H]4[C@H](CC=C5[C@H]4C[C@@]4(Cl)C(=O)N(C)C(=O)[C@@]4(Cl)[C@H]5c4cc(Br)c(O)c(OC)c4)C3=O)cc2)c1. The third-order valence-corrected chi connectivity index (χ3v) is 12.7. The number of hydrogen-bond acceptors (Lipinski definition) is 8. The van der Waals surface area contributed by atoms with Crippen molar-refractivity contribution < 1.29 is 38.5 Å². The van der Waals surface area contributed by atoms with Crippen LogP contribution in [-0.2, 0) is 19.2 Å². The molecule has 0 radical (unpaired) electrons. The minimum absolute atomic E-state index is 0.112. The van der Waals surface area contributed by atoms with Gasteiger partial charge < -0.3 is 19.3 Å². The van der Waals surface area contributed by atoms with Crippen molar-refractivity contribution in [2.75, 3.05) is 33.3 Å². The predicted molar refractivity (Wildman–Crippen MR) is 195 cm³/mol. The highest BCUT2D eigenvalue weighted by molar-refractivity contribution is 9.10. The van der Waals surface area contributed by atoms with Crippen molar-refractivity contribution in [3.05, 3.63) is 87.4 Å². The fraction of sp³-hybridized carbons (Fsp3) is 0.316. The summed E-state index contributed by atoms with van der Waals surface area (Å²) in [4.78, 5) is 54.3. The standard InChI is InChI=1S/C38H33BrCl2N2O8/c1-42-35(47)37(40)18-26-24(31(38(37,41)36(42)48)21-16-27(39)32(44)29(17-21)51-4)12-13-25-30(26)34(46)43(33(25)45)22-9-6-19(7-10-22)5-8-20-15-23(49-2)11-14-28(20)50-3/h5-12,14-17,25-26,30-31,44H,13,18H2,1-4H3/t25-,26+,30-,31-,37+,38-/m0/s1. The van der Waals surface area contributed by atoms with E-state index < -0.39 is 51.1 Å². The number of aromatic hydroxyl groups is 1. The predicted octanol–water partition coefficient (Wildman–Crippen LogP) is 6.54. The van der Waals surface area contributed by atoms with Crippen molar-refractivity contribution in [3.8, 4) is 23.0 Å². The van der Waals surface area contributed by atoms with Gasteiger partial charge in [0.1, 0.15) is 11.5 Å². The van der Waals surface area contributed by atoms with Gasteiger partial charge in [-0.15, -0.1) is 23.2 Å². The van der Waals surface area contributed by atoms with E-state index in [0.29, 0.717) is 28.3 Å². The number of alkyl halides is 2. The molecule has 2 aliphatic carbocycles. The first-order valence-corrected chi connectivity index (χ1v) is 17.7. The number of carbonyl (C=O) groups is 4. The van der Waals surface area contributed by atoms with E-state index in [4.69, 9.17) is 37.4 Å². The first-order chi connectivity index (χ1) is 24.3. The molecule has 1 N–H and O–H groups in total. The number of carbonyl (C=O) groups excluding carboxylic acids is 4. The van der Waals surface area contributed by atoms with E-state index in [1.165, 1.54) is 19.1 Å². The van der Waals surface area contributed by atoms with Gasteiger partial charge in [0.2, 0.25) is 11.8 Å². The maximum Gasteiger partial charge on any atom is 0.253 e. The van der Waals surface area contributed by atoms with Gasteiger partial charge in [0, 0.05) is 18.5 Å². The minimum Gasteiger partial charge on any atom is -0.503 e. The van der Waals surface area contributed by atoms with Gasteiger partial charge in [-0.05, 0) is 88.3 Å². The van der Waals surface area contributed by atoms with E-state index in [9.17, 15) is 24.3 Å². The minimum atomic E-state index is -1.96. The summed E-state index contributed by atoms with van der Waals surface area (Å²) in [6, 6.07) is 15.7. The largest absolute Gasteiger partial charge is 0.503 e. The van der Waals surface area contributed by atoms with Crippen LogP contribution in [0.25, 0.3) is 12.2 Å². The van der Waals surface area contributed by atoms with Crippen LogP contribution in [0.2, 0.25) is 0 Å². The number of ether oxygens (including phenoxy) is 3. The number of anilines is 1. The number of allylic oxidation sites excluding steroid dienone is 2. The smallest absolute Gasteiger partial charge is 0.253 e. The van der Waals surface area contributed by atoms with Gasteiger partial charge in [-0.25, -0.2) is 0 Å². The van der Waals surface area contributed by atoms with Gasteiger partial charge in [-0.1, -0.05) is 35.9 Å². The lowest BCUT2D eigenvalue weighted by Crippen LogP contribution is -2.60. The lowest BCUT2D eigenvalue weighted by molar-refractivity contribution is -0.138. The molecule has 13 heteroatoms. The number of nitrogens with zero attached hydrogens (tertiary/aromatic N) is 2. The normalized spacial score (nSPS) is 28.5. The third kappa shape index (κ3) is 5.10. The Hall–Kier alpha value is -4.32. The number of fused-ring (bicyclic) bond motifs is 4. The van der Waals surface area contributed by atoms with Crippen LogP contribution in [0.1, 0.15) is 35.4 Å². The Labute approximate surface area is 312 Å². The number of phenolic OH excluding ortho intramolecular Hbond substituents is 1. The third-order valence-electron chi connectivity index (χ3n) is 10.7. The first kappa shape index (κ1) is 35.1. The molecule has 0 spiro atoms. The number of methoxy groups -OCH3 is 3. The lowest BCUT2D eigenvalue weighted by atomic mass is 9.56. The maximum absolute atomic E-state index is 14.4. The Morgan fingerprint density at radius 1 is 0.863 bits per heavy atom. The summed E-state index contributed by atoms with van der Waals surface area (Å²) in [5.41, 5.74) is 3.14. The van der Waals surface area contributed by atoms with Crippen molar-refractivity contribution in [1.82, 2.24) is 4.90 Å². The second-order valence-electron chi connectivity index (χ2n) is 13.1. The summed E-state index contributed by atoms with van der Waals surface area (Å²) in [6.07, 6.45) is 5.72. The molecule has 6 atom stereocenters. The number of likely N-dealkylation sites (tertiary alicyclic amines) is 1. The summed E-state index contributed by atoms with van der Waals surface area (Å²) in [5, 5.41) is 10.6. The zero-order valence-corrected chi connectivity index (χ0v) is 31.1. The number of benzene rings is 3. The number of imide groups is 2. The fourth-order valence-corrected chi connectivity index (χ4v) is 9.66. The van der Waals surface area contributed by atoms with Gasteiger partial charge >= 0.3 is 0 Å². The molecule has 0 bridgehead atoms. The molecular weight excluding hydrogens is 763 g/mol. The monoisotopic (exact) mass is 794 g/mol. The van der Waals surface area contributed by atoms with E-state index in [0.717, 1.165) is 16.0 Å². The summed E-state index contributed by atoms with van der Waals surface area (Å²) in [7, 11) is 5.90. The van der Waals surface area contributed by atoms with Crippen LogP contribution in [0.5, 0.6) is 23.0 Å². The van der Waals surface area contributed by atoms with Crippen molar-refractivity contribution in [1.29, 1.82) is 0 Å². The highest BCUT2D eigenvalue weighted by Gasteiger charge is 2.76. The number of halogens is 3. The molecule has 264 valence electrons. The maximum atomic E-state index is 14.4. The van der Waals surface area contributed by atoms with E-state index >= 15 is 0 Å². The highest BCUT2D eigenvalue weighted by Crippen LogP contribution is 2.65. The zero-order chi connectivity index (χ0) is 36.6. The molecule has 7 rings (SSSR count). The number of phenols is 1. The zero-order valence-electron chi connectivity index (χ0n) is 28.0. The molecule has 2 heterocycles. The molecule has 0 unspecified atom stereocenters. The highest BCUT2D eigenvalue weighted by atomic mass is 79.9. The molecule has 2 aliphatic heterocycles. The average Bonchev–Trinajstić information content (AvgIpc) is 3.46.